The van der Waals surface area contributed by atoms with Crippen LogP contribution in [0.5, 0.6) is 0 Å². The van der Waals surface area contributed by atoms with Gasteiger partial charge in [-0.25, -0.2) is 4.79 Å². The van der Waals surface area contributed by atoms with E-state index >= 15 is 0 Å². The lowest BCUT2D eigenvalue weighted by Gasteiger charge is -2.10. The molecule has 0 bridgehead atoms. The number of hydrogen-bond acceptors (Lipinski definition) is 5. The Morgan fingerprint density at radius 2 is 1.89 bits per heavy atom. The minimum Gasteiger partial charge on any atom is -0.465 e. The maximum Gasteiger partial charge on any atom is 0.337 e. The first-order chi connectivity index (χ1) is 13.0. The minimum absolute atomic E-state index is 0.0354. The summed E-state index contributed by atoms with van der Waals surface area (Å²) >= 11 is 1.41. The summed E-state index contributed by atoms with van der Waals surface area (Å²) < 4.78 is 12.9. The number of esters is 1. The number of hydrogen-bond donors (Lipinski definition) is 0. The van der Waals surface area contributed by atoms with Gasteiger partial charge in [0.25, 0.3) is 5.91 Å². The van der Waals surface area contributed by atoms with Gasteiger partial charge in [-0.2, -0.15) is 4.99 Å². The molecule has 1 aromatic carbocycles. The number of methoxy groups -OCH3 is 2. The number of carbonyl (C=O) groups is 2. The first-order valence-electron chi connectivity index (χ1n) is 9.34. The van der Waals surface area contributed by atoms with Crippen molar-refractivity contribution in [2.24, 2.45) is 10.9 Å². The zero-order valence-corrected chi connectivity index (χ0v) is 17.3. The fourth-order valence-corrected chi connectivity index (χ4v) is 4.18. The van der Waals surface area contributed by atoms with Gasteiger partial charge in [-0.15, -0.1) is 0 Å². The monoisotopic (exact) mass is 392 g/mol. The van der Waals surface area contributed by atoms with Crippen molar-refractivity contribution in [3.8, 4) is 0 Å². The number of ether oxygens (including phenoxy) is 2. The van der Waals surface area contributed by atoms with Crippen molar-refractivity contribution in [1.82, 2.24) is 4.57 Å². The number of nitrogens with zero attached hydrogens (tertiary/aromatic N) is 2. The fraction of sp³-hybridized carbons (Fsp3) is 0.550. The first kappa shape index (κ1) is 21.3. The molecule has 0 fully saturated rings. The summed E-state index contributed by atoms with van der Waals surface area (Å²) in [6.07, 6.45) is 3.63. The Kier molecular flexibility index (Phi) is 8.19. The lowest BCUT2D eigenvalue weighted by molar-refractivity contribution is -0.122. The molecule has 1 amide bonds. The molecular weight excluding hydrogens is 364 g/mol. The third-order valence-electron chi connectivity index (χ3n) is 4.45. The van der Waals surface area contributed by atoms with Crippen LogP contribution in [0.15, 0.2) is 23.2 Å². The lowest BCUT2D eigenvalue weighted by Crippen LogP contribution is -2.22. The summed E-state index contributed by atoms with van der Waals surface area (Å²) in [5.74, 6) is -0.481. The molecule has 148 valence electrons. The first-order valence-corrected chi connectivity index (χ1v) is 10.2. The van der Waals surface area contributed by atoms with Gasteiger partial charge in [-0.1, -0.05) is 38.0 Å². The Morgan fingerprint density at radius 1 is 1.19 bits per heavy atom. The second kappa shape index (κ2) is 10.4. The summed E-state index contributed by atoms with van der Waals surface area (Å²) in [5, 5.41) is 0. The fourth-order valence-electron chi connectivity index (χ4n) is 3.08. The van der Waals surface area contributed by atoms with Gasteiger partial charge in [0.1, 0.15) is 0 Å². The van der Waals surface area contributed by atoms with Crippen LogP contribution in [0.25, 0.3) is 10.2 Å². The zero-order valence-electron chi connectivity index (χ0n) is 16.5. The molecule has 0 N–H and O–H groups in total. The van der Waals surface area contributed by atoms with E-state index in [4.69, 9.17) is 9.47 Å². The predicted octanol–water partition coefficient (Wildman–Crippen LogP) is 3.78. The topological polar surface area (TPSA) is 69.9 Å². The van der Waals surface area contributed by atoms with Crippen LogP contribution >= 0.6 is 11.3 Å². The van der Waals surface area contributed by atoms with Crippen molar-refractivity contribution in [3.05, 3.63) is 28.6 Å². The Labute approximate surface area is 163 Å². The van der Waals surface area contributed by atoms with E-state index in [0.717, 1.165) is 35.9 Å². The van der Waals surface area contributed by atoms with Crippen LogP contribution in [-0.2, 0) is 20.8 Å². The number of aromatic nitrogens is 1. The number of rotatable bonds is 9. The third-order valence-corrected chi connectivity index (χ3v) is 5.49. The molecule has 27 heavy (non-hydrogen) atoms. The minimum atomic E-state index is -0.380. The predicted molar refractivity (Wildman–Crippen MR) is 107 cm³/mol. The van der Waals surface area contributed by atoms with E-state index in [0.29, 0.717) is 23.5 Å². The molecule has 0 aliphatic rings. The van der Waals surface area contributed by atoms with Crippen LogP contribution in [0.2, 0.25) is 0 Å². The summed E-state index contributed by atoms with van der Waals surface area (Å²) in [6.45, 7) is 5.27. The molecule has 0 spiro atoms. The second-order valence-electron chi connectivity index (χ2n) is 6.43. The van der Waals surface area contributed by atoms with Gasteiger partial charge in [-0.3, -0.25) is 4.79 Å². The van der Waals surface area contributed by atoms with E-state index < -0.39 is 0 Å². The van der Waals surface area contributed by atoms with E-state index in [1.807, 2.05) is 10.6 Å². The van der Waals surface area contributed by atoms with Crippen molar-refractivity contribution >= 4 is 33.4 Å². The molecule has 0 saturated heterocycles. The molecular formula is C20H28N2O4S. The molecule has 1 aromatic heterocycles. The van der Waals surface area contributed by atoms with Crippen LogP contribution in [0.3, 0.4) is 0 Å². The average molecular weight is 393 g/mol. The largest absolute Gasteiger partial charge is 0.465 e. The van der Waals surface area contributed by atoms with E-state index in [-0.39, 0.29) is 17.8 Å². The standard InChI is InChI=1S/C20H28N2O4S/c1-5-7-14(8-6-2)18(23)21-20-22(11-12-25-3)16-10-9-15(19(24)26-4)13-17(16)27-20/h9-10,13-14H,5-8,11-12H2,1-4H3. The molecule has 0 aliphatic heterocycles. The number of carbonyl (C=O) groups excluding carboxylic acids is 2. The van der Waals surface area contributed by atoms with E-state index in [1.54, 1.807) is 19.2 Å². The smallest absolute Gasteiger partial charge is 0.337 e. The highest BCUT2D eigenvalue weighted by molar-refractivity contribution is 7.16. The molecule has 1 heterocycles. The molecule has 0 atom stereocenters. The van der Waals surface area contributed by atoms with Crippen molar-refractivity contribution in [3.63, 3.8) is 0 Å². The van der Waals surface area contributed by atoms with Crippen molar-refractivity contribution < 1.29 is 19.1 Å². The molecule has 0 saturated carbocycles. The highest BCUT2D eigenvalue weighted by Crippen LogP contribution is 2.21. The summed E-state index contributed by atoms with van der Waals surface area (Å²) in [6, 6.07) is 5.38. The second-order valence-corrected chi connectivity index (χ2v) is 7.44. The maximum atomic E-state index is 12.7. The van der Waals surface area contributed by atoms with Crippen LogP contribution in [0.4, 0.5) is 0 Å². The Balaban J connectivity index is 2.52. The molecule has 0 aliphatic carbocycles. The summed E-state index contributed by atoms with van der Waals surface area (Å²) in [7, 11) is 3.01. The third kappa shape index (κ3) is 5.26. The van der Waals surface area contributed by atoms with Crippen LogP contribution in [0.1, 0.15) is 49.9 Å². The molecule has 0 unspecified atom stereocenters. The van der Waals surface area contributed by atoms with Gasteiger partial charge in [0, 0.05) is 19.6 Å². The van der Waals surface area contributed by atoms with Gasteiger partial charge < -0.3 is 14.0 Å². The quantitative estimate of drug-likeness (QED) is 0.609. The Morgan fingerprint density at radius 3 is 2.48 bits per heavy atom. The van der Waals surface area contributed by atoms with E-state index in [2.05, 4.69) is 18.8 Å². The zero-order chi connectivity index (χ0) is 19.8. The van der Waals surface area contributed by atoms with Crippen LogP contribution in [0, 0.1) is 5.92 Å². The number of fused-ring (bicyclic) bond motifs is 1. The average Bonchev–Trinajstić information content (AvgIpc) is 3.01. The highest BCUT2D eigenvalue weighted by atomic mass is 32.1. The highest BCUT2D eigenvalue weighted by Gasteiger charge is 2.17. The van der Waals surface area contributed by atoms with Crippen molar-refractivity contribution in [1.29, 1.82) is 0 Å². The SMILES string of the molecule is CCCC(CCC)C(=O)N=c1sc2cc(C(=O)OC)ccc2n1CCOC. The van der Waals surface area contributed by atoms with E-state index in [1.165, 1.54) is 18.4 Å². The van der Waals surface area contributed by atoms with Gasteiger partial charge in [0.05, 0.1) is 29.5 Å². The van der Waals surface area contributed by atoms with Gasteiger partial charge in [-0.05, 0) is 31.0 Å². The van der Waals surface area contributed by atoms with Crippen LogP contribution in [-0.4, -0.2) is 37.3 Å². The van der Waals surface area contributed by atoms with Gasteiger partial charge in [0.15, 0.2) is 4.80 Å². The normalized spacial score (nSPS) is 12.1. The molecule has 0 radical (unpaired) electrons. The Bertz CT molecular complexity index is 847. The maximum absolute atomic E-state index is 12.7. The van der Waals surface area contributed by atoms with Gasteiger partial charge >= 0.3 is 5.97 Å². The van der Waals surface area contributed by atoms with Crippen molar-refractivity contribution in [2.45, 2.75) is 46.1 Å². The molecule has 2 rings (SSSR count). The van der Waals surface area contributed by atoms with Gasteiger partial charge in [0.2, 0.25) is 0 Å². The van der Waals surface area contributed by atoms with Crippen molar-refractivity contribution in [2.75, 3.05) is 20.8 Å². The number of amides is 1. The van der Waals surface area contributed by atoms with E-state index in [9.17, 15) is 9.59 Å². The molecule has 7 heteroatoms. The summed E-state index contributed by atoms with van der Waals surface area (Å²) in [5.41, 5.74) is 1.41. The summed E-state index contributed by atoms with van der Waals surface area (Å²) in [4.78, 5) is 29.6. The lowest BCUT2D eigenvalue weighted by atomic mass is 9.98. The number of benzene rings is 1. The Hall–Kier alpha value is -1.99. The molecule has 6 nitrogen and oxygen atoms in total. The number of thiazole rings is 1. The molecule has 2 aromatic rings. The van der Waals surface area contributed by atoms with Crippen LogP contribution < -0.4 is 4.80 Å².